The number of rotatable bonds is 3. The van der Waals surface area contributed by atoms with E-state index in [9.17, 15) is 18.1 Å². The van der Waals surface area contributed by atoms with Crippen molar-refractivity contribution in [3.63, 3.8) is 0 Å². The SMILES string of the molecule is CC(N=O)c1ccc(OC(F)(F)F)cc1. The lowest BCUT2D eigenvalue weighted by molar-refractivity contribution is -0.274. The van der Waals surface area contributed by atoms with Crippen LogP contribution in [0, 0.1) is 4.91 Å². The van der Waals surface area contributed by atoms with Crippen molar-refractivity contribution in [1.82, 2.24) is 0 Å². The van der Waals surface area contributed by atoms with Crippen molar-refractivity contribution in [1.29, 1.82) is 0 Å². The molecule has 3 nitrogen and oxygen atoms in total. The molecular formula is C9H8F3NO2. The van der Waals surface area contributed by atoms with Gasteiger partial charge in [0.25, 0.3) is 0 Å². The molecule has 1 aromatic carbocycles. The minimum absolute atomic E-state index is 0.315. The summed E-state index contributed by atoms with van der Waals surface area (Å²) < 4.78 is 39.0. The summed E-state index contributed by atoms with van der Waals surface area (Å²) in [5.74, 6) is -0.315. The number of nitroso groups, excluding NO2 is 1. The van der Waals surface area contributed by atoms with Crippen LogP contribution in [0.4, 0.5) is 13.2 Å². The standard InChI is InChI=1S/C9H8F3NO2/c1-6(13-14)7-2-4-8(5-3-7)15-9(10,11)12/h2-6H,1H3. The third-order valence-corrected chi connectivity index (χ3v) is 1.75. The smallest absolute Gasteiger partial charge is 0.406 e. The largest absolute Gasteiger partial charge is 0.573 e. The Balaban J connectivity index is 2.77. The van der Waals surface area contributed by atoms with E-state index >= 15 is 0 Å². The van der Waals surface area contributed by atoms with Crippen LogP contribution in [0.25, 0.3) is 0 Å². The van der Waals surface area contributed by atoms with E-state index in [-0.39, 0.29) is 5.75 Å². The summed E-state index contributed by atoms with van der Waals surface area (Å²) in [6.45, 7) is 1.55. The number of nitrogens with zero attached hydrogens (tertiary/aromatic N) is 1. The van der Waals surface area contributed by atoms with Crippen molar-refractivity contribution >= 4 is 0 Å². The lowest BCUT2D eigenvalue weighted by Gasteiger charge is -2.09. The summed E-state index contributed by atoms with van der Waals surface area (Å²) in [7, 11) is 0. The van der Waals surface area contributed by atoms with Crippen LogP contribution in [-0.2, 0) is 0 Å². The van der Waals surface area contributed by atoms with Gasteiger partial charge < -0.3 is 4.74 Å². The topological polar surface area (TPSA) is 38.7 Å². The number of hydrogen-bond donors (Lipinski definition) is 0. The molecule has 1 atom stereocenters. The molecule has 0 spiro atoms. The average molecular weight is 219 g/mol. The van der Waals surface area contributed by atoms with Crippen LogP contribution in [-0.4, -0.2) is 6.36 Å². The van der Waals surface area contributed by atoms with Gasteiger partial charge >= 0.3 is 6.36 Å². The molecule has 1 rings (SSSR count). The van der Waals surface area contributed by atoms with Crippen LogP contribution in [0.2, 0.25) is 0 Å². The van der Waals surface area contributed by atoms with Gasteiger partial charge in [0.05, 0.1) is 0 Å². The highest BCUT2D eigenvalue weighted by molar-refractivity contribution is 5.29. The second-order valence-electron chi connectivity index (χ2n) is 2.90. The first-order valence-corrected chi connectivity index (χ1v) is 4.10. The van der Waals surface area contributed by atoms with Gasteiger partial charge in [0.15, 0.2) is 0 Å². The molecule has 0 heterocycles. The lowest BCUT2D eigenvalue weighted by Crippen LogP contribution is -2.17. The first kappa shape index (κ1) is 11.5. The second kappa shape index (κ2) is 4.29. The quantitative estimate of drug-likeness (QED) is 0.730. The molecule has 0 amide bonds. The number of ether oxygens (including phenoxy) is 1. The van der Waals surface area contributed by atoms with Gasteiger partial charge in [0.2, 0.25) is 0 Å². The molecule has 0 saturated heterocycles. The molecular weight excluding hydrogens is 211 g/mol. The van der Waals surface area contributed by atoms with Gasteiger partial charge in [-0.1, -0.05) is 17.3 Å². The summed E-state index contributed by atoms with van der Waals surface area (Å²) >= 11 is 0. The zero-order valence-corrected chi connectivity index (χ0v) is 7.78. The lowest BCUT2D eigenvalue weighted by atomic mass is 10.1. The Morgan fingerprint density at radius 3 is 2.20 bits per heavy atom. The zero-order chi connectivity index (χ0) is 11.5. The van der Waals surface area contributed by atoms with E-state index in [1.807, 2.05) is 0 Å². The zero-order valence-electron chi connectivity index (χ0n) is 7.78. The highest BCUT2D eigenvalue weighted by Gasteiger charge is 2.30. The molecule has 0 aromatic heterocycles. The van der Waals surface area contributed by atoms with E-state index in [4.69, 9.17) is 0 Å². The third kappa shape index (κ3) is 3.57. The fourth-order valence-corrected chi connectivity index (χ4v) is 1.01. The molecule has 0 radical (unpaired) electrons. The van der Waals surface area contributed by atoms with Gasteiger partial charge in [0.1, 0.15) is 11.8 Å². The summed E-state index contributed by atoms with van der Waals surface area (Å²) in [4.78, 5) is 10.2. The predicted octanol–water partition coefficient (Wildman–Crippen LogP) is 3.41. The van der Waals surface area contributed by atoms with Crippen molar-refractivity contribution in [2.45, 2.75) is 19.3 Å². The van der Waals surface area contributed by atoms with E-state index in [1.165, 1.54) is 12.1 Å². The van der Waals surface area contributed by atoms with Crippen LogP contribution >= 0.6 is 0 Å². The Hall–Kier alpha value is -1.59. The summed E-state index contributed by atoms with van der Waals surface area (Å²) in [6, 6.07) is 4.44. The average Bonchev–Trinajstić information content (AvgIpc) is 2.15. The predicted molar refractivity (Wildman–Crippen MR) is 47.3 cm³/mol. The van der Waals surface area contributed by atoms with E-state index in [0.717, 1.165) is 12.1 Å². The molecule has 82 valence electrons. The molecule has 0 aliphatic heterocycles. The monoisotopic (exact) mass is 219 g/mol. The Kier molecular flexibility index (Phi) is 3.28. The first-order chi connectivity index (χ1) is 6.92. The van der Waals surface area contributed by atoms with Crippen LogP contribution in [0.15, 0.2) is 29.4 Å². The number of benzene rings is 1. The summed E-state index contributed by atoms with van der Waals surface area (Å²) in [5, 5.41) is 2.75. The van der Waals surface area contributed by atoms with Crippen molar-refractivity contribution in [3.05, 3.63) is 34.7 Å². The summed E-state index contributed by atoms with van der Waals surface area (Å²) in [5.41, 5.74) is 0.541. The Labute approximate surface area is 83.8 Å². The van der Waals surface area contributed by atoms with E-state index in [0.29, 0.717) is 5.56 Å². The van der Waals surface area contributed by atoms with Gasteiger partial charge in [-0.05, 0) is 24.6 Å². The molecule has 0 aliphatic carbocycles. The molecule has 0 saturated carbocycles. The van der Waals surface area contributed by atoms with E-state index < -0.39 is 12.4 Å². The fraction of sp³-hybridized carbons (Fsp3) is 0.333. The van der Waals surface area contributed by atoms with Gasteiger partial charge in [-0.15, -0.1) is 13.2 Å². The number of hydrogen-bond acceptors (Lipinski definition) is 3. The molecule has 0 aliphatic rings. The molecule has 6 heteroatoms. The van der Waals surface area contributed by atoms with Gasteiger partial charge in [-0.3, -0.25) is 0 Å². The highest BCUT2D eigenvalue weighted by Crippen LogP contribution is 2.25. The first-order valence-electron chi connectivity index (χ1n) is 4.10. The minimum atomic E-state index is -4.70. The molecule has 0 N–H and O–H groups in total. The molecule has 15 heavy (non-hydrogen) atoms. The summed E-state index contributed by atoms with van der Waals surface area (Å²) in [6.07, 6.45) is -4.70. The van der Waals surface area contributed by atoms with Crippen molar-refractivity contribution in [2.75, 3.05) is 0 Å². The maximum absolute atomic E-state index is 11.8. The van der Waals surface area contributed by atoms with Crippen LogP contribution in [0.1, 0.15) is 18.5 Å². The van der Waals surface area contributed by atoms with Crippen molar-refractivity contribution < 1.29 is 17.9 Å². The Morgan fingerprint density at radius 1 is 1.27 bits per heavy atom. The van der Waals surface area contributed by atoms with Crippen molar-refractivity contribution in [2.24, 2.45) is 5.18 Å². The fourth-order valence-electron chi connectivity index (χ4n) is 1.01. The third-order valence-electron chi connectivity index (χ3n) is 1.75. The van der Waals surface area contributed by atoms with E-state index in [1.54, 1.807) is 6.92 Å². The Bertz CT molecular complexity index is 334. The number of alkyl halides is 3. The maximum atomic E-state index is 11.8. The van der Waals surface area contributed by atoms with Crippen LogP contribution < -0.4 is 4.74 Å². The van der Waals surface area contributed by atoms with Crippen LogP contribution in [0.5, 0.6) is 5.75 Å². The van der Waals surface area contributed by atoms with Crippen LogP contribution in [0.3, 0.4) is 0 Å². The Morgan fingerprint density at radius 2 is 1.80 bits per heavy atom. The van der Waals surface area contributed by atoms with E-state index in [2.05, 4.69) is 9.91 Å². The normalized spacial score (nSPS) is 13.3. The molecule has 1 unspecified atom stereocenters. The highest BCUT2D eigenvalue weighted by atomic mass is 19.4. The number of halogens is 3. The van der Waals surface area contributed by atoms with Gasteiger partial charge in [-0.25, -0.2) is 0 Å². The maximum Gasteiger partial charge on any atom is 0.573 e. The minimum Gasteiger partial charge on any atom is -0.406 e. The second-order valence-corrected chi connectivity index (χ2v) is 2.90. The van der Waals surface area contributed by atoms with Crippen molar-refractivity contribution in [3.8, 4) is 5.75 Å². The molecule has 0 fully saturated rings. The van der Waals surface area contributed by atoms with Gasteiger partial charge in [-0.2, -0.15) is 4.91 Å². The molecule has 1 aromatic rings. The van der Waals surface area contributed by atoms with Gasteiger partial charge in [0, 0.05) is 0 Å². The molecule has 0 bridgehead atoms.